The zero-order valence-electron chi connectivity index (χ0n) is 20.1. The average molecular weight is 506 g/mol. The SMILES string of the molecule is O=C(C=C1CCN(C(=O)c2ccc(Cl)cc2)CC1)N[C@@H]1CCN(Cc2ccc3cc(F)ccc3c2)C1. The Morgan fingerprint density at radius 1 is 0.972 bits per heavy atom. The molecule has 2 heterocycles. The first-order valence-electron chi connectivity index (χ1n) is 12.4. The topological polar surface area (TPSA) is 52.7 Å². The zero-order chi connectivity index (χ0) is 25.1. The van der Waals surface area contributed by atoms with Crippen LogP contribution in [0.3, 0.4) is 0 Å². The molecule has 2 fully saturated rings. The van der Waals surface area contributed by atoms with Gasteiger partial charge in [0, 0.05) is 55.4 Å². The minimum atomic E-state index is -0.222. The van der Waals surface area contributed by atoms with Crippen molar-refractivity contribution in [2.24, 2.45) is 0 Å². The maximum Gasteiger partial charge on any atom is 0.253 e. The second-order valence-electron chi connectivity index (χ2n) is 9.66. The molecule has 5 rings (SSSR count). The van der Waals surface area contributed by atoms with Crippen LogP contribution in [0.5, 0.6) is 0 Å². The van der Waals surface area contributed by atoms with Crippen molar-refractivity contribution in [1.82, 2.24) is 15.1 Å². The second-order valence-corrected chi connectivity index (χ2v) is 10.1. The molecule has 0 aromatic heterocycles. The predicted molar refractivity (Wildman–Crippen MR) is 140 cm³/mol. The van der Waals surface area contributed by atoms with Gasteiger partial charge in [-0.3, -0.25) is 14.5 Å². The third-order valence-electron chi connectivity index (χ3n) is 7.01. The molecule has 0 bridgehead atoms. The van der Waals surface area contributed by atoms with E-state index in [1.807, 2.05) is 23.1 Å². The molecule has 1 atom stereocenters. The van der Waals surface area contributed by atoms with Gasteiger partial charge in [-0.25, -0.2) is 4.39 Å². The smallest absolute Gasteiger partial charge is 0.253 e. The molecule has 0 aliphatic carbocycles. The van der Waals surface area contributed by atoms with Gasteiger partial charge in [0.25, 0.3) is 5.91 Å². The summed E-state index contributed by atoms with van der Waals surface area (Å²) in [5, 5.41) is 5.70. The number of rotatable bonds is 5. The number of piperidine rings is 1. The fourth-order valence-electron chi connectivity index (χ4n) is 5.06. The number of carbonyl (C=O) groups is 2. The standard InChI is InChI=1S/C29H29ClFN3O2/c30-25-6-3-22(4-7-25)29(36)34-13-9-20(10-14-34)16-28(35)32-27-11-12-33(19-27)18-21-1-2-24-17-26(31)8-5-23(24)15-21/h1-8,15-17,27H,9-14,18-19H2,(H,32,35)/t27-/m1/s1. The number of nitrogens with zero attached hydrogens (tertiary/aromatic N) is 2. The lowest BCUT2D eigenvalue weighted by Gasteiger charge is -2.28. The Bertz CT molecular complexity index is 1300. The van der Waals surface area contributed by atoms with Crippen molar-refractivity contribution >= 4 is 34.2 Å². The van der Waals surface area contributed by atoms with E-state index in [2.05, 4.69) is 16.3 Å². The first-order chi connectivity index (χ1) is 17.4. The number of nitrogens with one attached hydrogen (secondary N) is 1. The molecular formula is C29H29ClFN3O2. The van der Waals surface area contributed by atoms with Crippen LogP contribution in [0.2, 0.25) is 5.02 Å². The van der Waals surface area contributed by atoms with Gasteiger partial charge < -0.3 is 10.2 Å². The highest BCUT2D eigenvalue weighted by Crippen LogP contribution is 2.21. The number of benzene rings is 3. The fourth-order valence-corrected chi connectivity index (χ4v) is 5.19. The van der Waals surface area contributed by atoms with E-state index in [4.69, 9.17) is 11.6 Å². The maximum atomic E-state index is 13.4. The van der Waals surface area contributed by atoms with Crippen molar-refractivity contribution < 1.29 is 14.0 Å². The molecule has 7 heteroatoms. The van der Waals surface area contributed by atoms with Gasteiger partial charge in [0.05, 0.1) is 0 Å². The molecule has 2 amide bonds. The molecule has 3 aromatic carbocycles. The van der Waals surface area contributed by atoms with E-state index >= 15 is 0 Å². The highest BCUT2D eigenvalue weighted by Gasteiger charge is 2.25. The number of amides is 2. The van der Waals surface area contributed by atoms with Crippen LogP contribution in [0, 0.1) is 5.82 Å². The number of halogens is 2. The Morgan fingerprint density at radius 3 is 2.47 bits per heavy atom. The normalized spacial score (nSPS) is 18.4. The van der Waals surface area contributed by atoms with E-state index in [-0.39, 0.29) is 23.7 Å². The molecule has 2 aliphatic heterocycles. The molecule has 5 nitrogen and oxygen atoms in total. The van der Waals surface area contributed by atoms with Crippen molar-refractivity contribution in [2.45, 2.75) is 31.8 Å². The first kappa shape index (κ1) is 24.5. The highest BCUT2D eigenvalue weighted by atomic mass is 35.5. The van der Waals surface area contributed by atoms with Gasteiger partial charge >= 0.3 is 0 Å². The third kappa shape index (κ3) is 5.94. The fraction of sp³-hybridized carbons (Fsp3) is 0.310. The lowest BCUT2D eigenvalue weighted by atomic mass is 10.0. The summed E-state index contributed by atoms with van der Waals surface area (Å²) in [6.07, 6.45) is 4.04. The third-order valence-corrected chi connectivity index (χ3v) is 7.26. The van der Waals surface area contributed by atoms with E-state index in [0.29, 0.717) is 36.5 Å². The van der Waals surface area contributed by atoms with Crippen molar-refractivity contribution in [2.75, 3.05) is 26.2 Å². The highest BCUT2D eigenvalue weighted by molar-refractivity contribution is 6.30. The van der Waals surface area contributed by atoms with Crippen LogP contribution in [0.25, 0.3) is 10.8 Å². The second kappa shape index (κ2) is 10.8. The molecule has 0 saturated carbocycles. The molecule has 0 unspecified atom stereocenters. The Labute approximate surface area is 215 Å². The van der Waals surface area contributed by atoms with Crippen LogP contribution in [-0.4, -0.2) is 53.8 Å². The molecule has 2 saturated heterocycles. The van der Waals surface area contributed by atoms with Crippen molar-refractivity contribution in [3.8, 4) is 0 Å². The summed E-state index contributed by atoms with van der Waals surface area (Å²) in [6, 6.07) is 18.0. The quantitative estimate of drug-likeness (QED) is 0.486. The van der Waals surface area contributed by atoms with Gasteiger partial charge in [-0.1, -0.05) is 35.4 Å². The van der Waals surface area contributed by atoms with Crippen molar-refractivity contribution in [3.05, 3.63) is 94.3 Å². The molecular weight excluding hydrogens is 477 g/mol. The number of hydrogen-bond donors (Lipinski definition) is 1. The molecule has 0 spiro atoms. The van der Waals surface area contributed by atoms with E-state index in [1.54, 1.807) is 36.4 Å². The van der Waals surface area contributed by atoms with E-state index in [0.717, 1.165) is 42.4 Å². The minimum absolute atomic E-state index is 0.000192. The first-order valence-corrected chi connectivity index (χ1v) is 12.8. The average Bonchev–Trinajstić information content (AvgIpc) is 3.31. The Morgan fingerprint density at radius 2 is 1.69 bits per heavy atom. The van der Waals surface area contributed by atoms with Gasteiger partial charge in [-0.15, -0.1) is 0 Å². The summed E-state index contributed by atoms with van der Waals surface area (Å²) in [6.45, 7) is 3.75. The number of likely N-dealkylation sites (tertiary alicyclic amines) is 2. The van der Waals surface area contributed by atoms with Gasteiger partial charge in [0.15, 0.2) is 0 Å². The van der Waals surface area contributed by atoms with Gasteiger partial charge in [-0.2, -0.15) is 0 Å². The zero-order valence-corrected chi connectivity index (χ0v) is 20.8. The predicted octanol–water partition coefficient (Wildman–Crippen LogP) is 5.19. The van der Waals surface area contributed by atoms with E-state index < -0.39 is 0 Å². The molecule has 36 heavy (non-hydrogen) atoms. The van der Waals surface area contributed by atoms with E-state index in [1.165, 1.54) is 11.6 Å². The summed E-state index contributed by atoms with van der Waals surface area (Å²) in [7, 11) is 0. The van der Waals surface area contributed by atoms with Gasteiger partial charge in [0.2, 0.25) is 5.91 Å². The lowest BCUT2D eigenvalue weighted by Crippen LogP contribution is -2.38. The van der Waals surface area contributed by atoms with Crippen LogP contribution < -0.4 is 5.32 Å². The largest absolute Gasteiger partial charge is 0.348 e. The molecule has 2 aliphatic rings. The van der Waals surface area contributed by atoms with Gasteiger partial charge in [-0.05, 0) is 78.1 Å². The molecule has 186 valence electrons. The summed E-state index contributed by atoms with van der Waals surface area (Å²) in [5.74, 6) is -0.276. The number of hydrogen-bond acceptors (Lipinski definition) is 3. The molecule has 0 radical (unpaired) electrons. The van der Waals surface area contributed by atoms with Crippen LogP contribution in [0.1, 0.15) is 35.2 Å². The maximum absolute atomic E-state index is 13.4. The Balaban J connectivity index is 1.09. The van der Waals surface area contributed by atoms with Crippen molar-refractivity contribution in [3.63, 3.8) is 0 Å². The number of carbonyl (C=O) groups excluding carboxylic acids is 2. The monoisotopic (exact) mass is 505 g/mol. The van der Waals surface area contributed by atoms with Crippen LogP contribution in [-0.2, 0) is 11.3 Å². The van der Waals surface area contributed by atoms with Crippen LogP contribution >= 0.6 is 11.6 Å². The minimum Gasteiger partial charge on any atom is -0.348 e. The van der Waals surface area contributed by atoms with Crippen molar-refractivity contribution in [1.29, 1.82) is 0 Å². The van der Waals surface area contributed by atoms with Crippen LogP contribution in [0.15, 0.2) is 72.3 Å². The van der Waals surface area contributed by atoms with E-state index in [9.17, 15) is 14.0 Å². The molecule has 3 aromatic rings. The summed E-state index contributed by atoms with van der Waals surface area (Å²) >= 11 is 5.91. The molecule has 1 N–H and O–H groups in total. The summed E-state index contributed by atoms with van der Waals surface area (Å²) < 4.78 is 13.4. The number of fused-ring (bicyclic) bond motifs is 1. The Kier molecular flexibility index (Phi) is 7.35. The lowest BCUT2D eigenvalue weighted by molar-refractivity contribution is -0.117. The van der Waals surface area contributed by atoms with Crippen LogP contribution in [0.4, 0.5) is 4.39 Å². The van der Waals surface area contributed by atoms with Gasteiger partial charge in [0.1, 0.15) is 5.82 Å². The Hall–Kier alpha value is -3.22. The summed E-state index contributed by atoms with van der Waals surface area (Å²) in [5.41, 5.74) is 2.89. The summed E-state index contributed by atoms with van der Waals surface area (Å²) in [4.78, 5) is 29.5.